The quantitative estimate of drug-likeness (QED) is 0.258. The second-order valence-corrected chi connectivity index (χ2v) is 6.69. The number of benzene rings is 1. The zero-order valence-corrected chi connectivity index (χ0v) is 17.1. The standard InChI is InChI=1S/C21H34O6/c1-5-7-9-11-13-15-16(14-12-10-8-6-2)18(25-3)20(26-4)19(17(15)22)27-21(23)24/h22H,5-14H2,1-4H3,(H,23,24). The number of aromatic hydroxyl groups is 1. The fourth-order valence-corrected chi connectivity index (χ4v) is 3.34. The van der Waals surface area contributed by atoms with E-state index in [1.54, 1.807) is 0 Å². The third-order valence-corrected chi connectivity index (χ3v) is 4.71. The second-order valence-electron chi connectivity index (χ2n) is 6.69. The maximum Gasteiger partial charge on any atom is 0.511 e. The van der Waals surface area contributed by atoms with Gasteiger partial charge in [-0.2, -0.15) is 0 Å². The summed E-state index contributed by atoms with van der Waals surface area (Å²) < 4.78 is 15.7. The first-order valence-corrected chi connectivity index (χ1v) is 9.91. The van der Waals surface area contributed by atoms with Crippen LogP contribution in [-0.4, -0.2) is 30.6 Å². The summed E-state index contributed by atoms with van der Waals surface area (Å²) >= 11 is 0. The molecule has 0 saturated carbocycles. The number of rotatable bonds is 13. The molecule has 0 amide bonds. The molecule has 0 aliphatic heterocycles. The predicted octanol–water partition coefficient (Wildman–Crippen LogP) is 5.71. The van der Waals surface area contributed by atoms with Gasteiger partial charge in [-0.1, -0.05) is 52.4 Å². The maximum atomic E-state index is 11.1. The molecule has 0 bridgehead atoms. The molecular formula is C21H34O6. The molecule has 0 unspecified atom stereocenters. The summed E-state index contributed by atoms with van der Waals surface area (Å²) in [5, 5.41) is 19.8. The first-order chi connectivity index (χ1) is 13.0. The Labute approximate surface area is 162 Å². The molecule has 0 fully saturated rings. The van der Waals surface area contributed by atoms with Gasteiger partial charge in [0, 0.05) is 11.1 Å². The molecule has 0 aromatic heterocycles. The Bertz CT molecular complexity index is 597. The number of hydrogen-bond donors (Lipinski definition) is 2. The van der Waals surface area contributed by atoms with Crippen LogP contribution in [0.15, 0.2) is 0 Å². The molecule has 154 valence electrons. The number of hydrogen-bond acceptors (Lipinski definition) is 5. The molecule has 0 spiro atoms. The van der Waals surface area contributed by atoms with E-state index in [0.29, 0.717) is 17.7 Å². The molecule has 1 rings (SSSR count). The minimum atomic E-state index is -1.50. The lowest BCUT2D eigenvalue weighted by Crippen LogP contribution is -2.09. The van der Waals surface area contributed by atoms with E-state index in [0.717, 1.165) is 63.4 Å². The van der Waals surface area contributed by atoms with Gasteiger partial charge >= 0.3 is 6.16 Å². The topological polar surface area (TPSA) is 85.2 Å². The average Bonchev–Trinajstić information content (AvgIpc) is 2.65. The molecule has 0 aliphatic rings. The fourth-order valence-electron chi connectivity index (χ4n) is 3.34. The number of carbonyl (C=O) groups is 1. The van der Waals surface area contributed by atoms with Crippen LogP contribution >= 0.6 is 0 Å². The molecule has 2 N–H and O–H groups in total. The third-order valence-electron chi connectivity index (χ3n) is 4.71. The summed E-state index contributed by atoms with van der Waals surface area (Å²) in [7, 11) is 2.93. The zero-order chi connectivity index (χ0) is 20.2. The van der Waals surface area contributed by atoms with Crippen LogP contribution in [0.5, 0.6) is 23.0 Å². The van der Waals surface area contributed by atoms with Crippen LogP contribution in [0.25, 0.3) is 0 Å². The first kappa shape index (κ1) is 22.9. The second kappa shape index (κ2) is 12.3. The Hall–Kier alpha value is -2.11. The van der Waals surface area contributed by atoms with Crippen LogP contribution in [0, 0.1) is 0 Å². The van der Waals surface area contributed by atoms with Crippen molar-refractivity contribution in [1.29, 1.82) is 0 Å². The lowest BCUT2D eigenvalue weighted by molar-refractivity contribution is 0.140. The Kier molecular flexibility index (Phi) is 10.5. The zero-order valence-electron chi connectivity index (χ0n) is 17.1. The third kappa shape index (κ3) is 6.52. The summed E-state index contributed by atoms with van der Waals surface area (Å²) in [6, 6.07) is 0. The number of phenolic OH excluding ortho intramolecular Hbond substituents is 1. The van der Waals surface area contributed by atoms with Gasteiger partial charge in [-0.05, 0) is 25.7 Å². The van der Waals surface area contributed by atoms with Crippen molar-refractivity contribution in [1.82, 2.24) is 0 Å². The van der Waals surface area contributed by atoms with Crippen LogP contribution in [-0.2, 0) is 12.8 Å². The van der Waals surface area contributed by atoms with Gasteiger partial charge in [0.15, 0.2) is 11.5 Å². The molecule has 1 aromatic rings. The molecule has 0 aliphatic carbocycles. The highest BCUT2D eigenvalue weighted by molar-refractivity contribution is 5.72. The number of methoxy groups -OCH3 is 2. The smallest absolute Gasteiger partial charge is 0.504 e. The summed E-state index contributed by atoms with van der Waals surface area (Å²) in [4.78, 5) is 11.1. The lowest BCUT2D eigenvalue weighted by Gasteiger charge is -2.21. The Morgan fingerprint density at radius 2 is 1.30 bits per heavy atom. The highest BCUT2D eigenvalue weighted by atomic mass is 16.7. The fraction of sp³-hybridized carbons (Fsp3) is 0.667. The largest absolute Gasteiger partial charge is 0.511 e. The van der Waals surface area contributed by atoms with Gasteiger partial charge in [0.05, 0.1) is 14.2 Å². The molecule has 6 heteroatoms. The number of carboxylic acid groups (broad SMARTS) is 1. The molecule has 0 radical (unpaired) electrons. The highest BCUT2D eigenvalue weighted by Crippen LogP contribution is 2.50. The Morgan fingerprint density at radius 3 is 1.74 bits per heavy atom. The number of phenols is 1. The molecule has 27 heavy (non-hydrogen) atoms. The molecule has 6 nitrogen and oxygen atoms in total. The van der Waals surface area contributed by atoms with Crippen molar-refractivity contribution in [2.45, 2.75) is 78.1 Å². The summed E-state index contributed by atoms with van der Waals surface area (Å²) in [5.74, 6) is 0.232. The van der Waals surface area contributed by atoms with Crippen LogP contribution in [0.3, 0.4) is 0 Å². The van der Waals surface area contributed by atoms with E-state index in [9.17, 15) is 9.90 Å². The van der Waals surface area contributed by atoms with Gasteiger partial charge in [-0.15, -0.1) is 0 Å². The van der Waals surface area contributed by atoms with Crippen molar-refractivity contribution in [3.05, 3.63) is 11.1 Å². The lowest BCUT2D eigenvalue weighted by atomic mass is 9.93. The van der Waals surface area contributed by atoms with Gasteiger partial charge in [0.1, 0.15) is 0 Å². The number of ether oxygens (including phenoxy) is 3. The first-order valence-electron chi connectivity index (χ1n) is 9.91. The van der Waals surface area contributed by atoms with Gasteiger partial charge in [-0.25, -0.2) is 4.79 Å². The van der Waals surface area contributed by atoms with Crippen molar-refractivity contribution in [2.75, 3.05) is 14.2 Å². The summed E-state index contributed by atoms with van der Waals surface area (Å²) in [5.41, 5.74) is 1.59. The monoisotopic (exact) mass is 382 g/mol. The van der Waals surface area contributed by atoms with Crippen molar-refractivity contribution in [3.8, 4) is 23.0 Å². The SMILES string of the molecule is CCCCCCc1c(O)c(OC(=O)O)c(OC)c(OC)c1CCCCCC. The van der Waals surface area contributed by atoms with Crippen molar-refractivity contribution in [2.24, 2.45) is 0 Å². The average molecular weight is 382 g/mol. The van der Waals surface area contributed by atoms with Crippen LogP contribution in [0.2, 0.25) is 0 Å². The summed E-state index contributed by atoms with van der Waals surface area (Å²) in [6.07, 6.45) is 8.43. The van der Waals surface area contributed by atoms with E-state index >= 15 is 0 Å². The van der Waals surface area contributed by atoms with Crippen molar-refractivity contribution in [3.63, 3.8) is 0 Å². The predicted molar refractivity (Wildman–Crippen MR) is 106 cm³/mol. The molecule has 0 saturated heterocycles. The van der Waals surface area contributed by atoms with Gasteiger partial charge < -0.3 is 24.4 Å². The van der Waals surface area contributed by atoms with Gasteiger partial charge in [0.2, 0.25) is 11.5 Å². The maximum absolute atomic E-state index is 11.1. The van der Waals surface area contributed by atoms with E-state index in [4.69, 9.17) is 19.3 Å². The van der Waals surface area contributed by atoms with Crippen LogP contribution < -0.4 is 14.2 Å². The summed E-state index contributed by atoms with van der Waals surface area (Å²) in [6.45, 7) is 4.30. The van der Waals surface area contributed by atoms with Crippen molar-refractivity contribution >= 4 is 6.16 Å². The van der Waals surface area contributed by atoms with E-state index in [-0.39, 0.29) is 17.2 Å². The minimum absolute atomic E-state index is 0.125. The number of unbranched alkanes of at least 4 members (excludes halogenated alkanes) is 6. The molecular weight excluding hydrogens is 348 g/mol. The molecule has 0 atom stereocenters. The van der Waals surface area contributed by atoms with Gasteiger partial charge in [0.25, 0.3) is 0 Å². The van der Waals surface area contributed by atoms with E-state index in [1.807, 2.05) is 0 Å². The van der Waals surface area contributed by atoms with Crippen molar-refractivity contribution < 1.29 is 29.2 Å². The van der Waals surface area contributed by atoms with E-state index in [1.165, 1.54) is 14.2 Å². The van der Waals surface area contributed by atoms with E-state index in [2.05, 4.69) is 13.8 Å². The van der Waals surface area contributed by atoms with E-state index < -0.39 is 6.16 Å². The van der Waals surface area contributed by atoms with Crippen LogP contribution in [0.4, 0.5) is 4.79 Å². The molecule has 1 aromatic carbocycles. The molecule has 0 heterocycles. The van der Waals surface area contributed by atoms with Gasteiger partial charge in [-0.3, -0.25) is 0 Å². The van der Waals surface area contributed by atoms with Crippen LogP contribution in [0.1, 0.15) is 76.3 Å². The highest BCUT2D eigenvalue weighted by Gasteiger charge is 2.27. The Morgan fingerprint density at radius 1 is 0.778 bits per heavy atom. The normalized spacial score (nSPS) is 10.7. The Balaban J connectivity index is 3.34. The minimum Gasteiger partial charge on any atom is -0.504 e.